The van der Waals surface area contributed by atoms with Crippen LogP contribution in [0.15, 0.2) is 0 Å². The minimum Gasteiger partial charge on any atom is -0.337 e. The van der Waals surface area contributed by atoms with Gasteiger partial charge in [-0.2, -0.15) is 0 Å². The third-order valence-corrected chi connectivity index (χ3v) is 3.43. The molecule has 0 unspecified atom stereocenters. The summed E-state index contributed by atoms with van der Waals surface area (Å²) in [6.45, 7) is 14.7. The van der Waals surface area contributed by atoms with Gasteiger partial charge in [-0.25, -0.2) is 0 Å². The first-order valence-electron chi connectivity index (χ1n) is 6.76. The van der Waals surface area contributed by atoms with E-state index >= 15 is 0 Å². The molecular weight excluding hydrogens is 212 g/mol. The van der Waals surface area contributed by atoms with Gasteiger partial charge in [0.25, 0.3) is 0 Å². The Morgan fingerprint density at radius 2 is 1.94 bits per heavy atom. The Labute approximate surface area is 106 Å². The maximum absolute atomic E-state index is 11.9. The Morgan fingerprint density at radius 3 is 2.41 bits per heavy atom. The van der Waals surface area contributed by atoms with Crippen molar-refractivity contribution >= 4 is 5.91 Å². The maximum Gasteiger partial charge on any atom is 0.222 e. The molecular formula is C14H27N2O. The SMILES string of the molecule is CCC(=O)N1CCN(C[C](C)C)C[C@H]1C(C)C. The largest absolute Gasteiger partial charge is 0.337 e. The summed E-state index contributed by atoms with van der Waals surface area (Å²) in [5, 5.41) is 0. The Kier molecular flexibility index (Phi) is 5.44. The molecule has 1 heterocycles. The molecule has 0 aromatic rings. The van der Waals surface area contributed by atoms with Gasteiger partial charge in [0.2, 0.25) is 5.91 Å². The van der Waals surface area contributed by atoms with Crippen LogP contribution in [0.5, 0.6) is 0 Å². The van der Waals surface area contributed by atoms with E-state index in [4.69, 9.17) is 0 Å². The summed E-state index contributed by atoms with van der Waals surface area (Å²) >= 11 is 0. The molecule has 1 fully saturated rings. The lowest BCUT2D eigenvalue weighted by Gasteiger charge is -2.44. The van der Waals surface area contributed by atoms with E-state index in [9.17, 15) is 4.79 Å². The molecule has 0 aromatic carbocycles. The molecule has 1 rings (SSSR count). The average Bonchev–Trinajstić information content (AvgIpc) is 2.27. The predicted molar refractivity (Wildman–Crippen MR) is 71.7 cm³/mol. The molecule has 1 atom stereocenters. The average molecular weight is 239 g/mol. The number of nitrogens with zero attached hydrogens (tertiary/aromatic N) is 2. The van der Waals surface area contributed by atoms with Gasteiger partial charge >= 0.3 is 0 Å². The molecule has 0 N–H and O–H groups in total. The second kappa shape index (κ2) is 6.39. The van der Waals surface area contributed by atoms with Crippen LogP contribution in [0.2, 0.25) is 0 Å². The molecule has 1 amide bonds. The zero-order valence-corrected chi connectivity index (χ0v) is 12.0. The number of rotatable bonds is 4. The van der Waals surface area contributed by atoms with Crippen LogP contribution in [0.25, 0.3) is 0 Å². The summed E-state index contributed by atoms with van der Waals surface area (Å²) in [6.07, 6.45) is 0.627. The highest BCUT2D eigenvalue weighted by Gasteiger charge is 2.31. The Balaban J connectivity index is 2.64. The number of hydrogen-bond donors (Lipinski definition) is 0. The standard InChI is InChI=1S/C14H27N2O/c1-6-14(17)16-8-7-15(9-11(2)3)10-13(16)12(4)5/h12-13H,6-10H2,1-5H3/t13-/m0/s1. The maximum atomic E-state index is 11.9. The molecule has 3 nitrogen and oxygen atoms in total. The first-order valence-corrected chi connectivity index (χ1v) is 6.76. The van der Waals surface area contributed by atoms with E-state index in [1.165, 1.54) is 5.92 Å². The fraction of sp³-hybridized carbons (Fsp3) is 0.857. The third kappa shape index (κ3) is 3.98. The van der Waals surface area contributed by atoms with Gasteiger partial charge < -0.3 is 4.90 Å². The van der Waals surface area contributed by atoms with Gasteiger partial charge in [0.15, 0.2) is 0 Å². The highest BCUT2D eigenvalue weighted by atomic mass is 16.2. The smallest absolute Gasteiger partial charge is 0.222 e. The summed E-state index contributed by atoms with van der Waals surface area (Å²) in [4.78, 5) is 16.5. The van der Waals surface area contributed by atoms with Crippen LogP contribution < -0.4 is 0 Å². The van der Waals surface area contributed by atoms with Gasteiger partial charge in [0.05, 0.1) is 0 Å². The molecule has 3 heteroatoms. The van der Waals surface area contributed by atoms with Crippen LogP contribution >= 0.6 is 0 Å². The van der Waals surface area contributed by atoms with Crippen molar-refractivity contribution in [2.75, 3.05) is 26.2 Å². The quantitative estimate of drug-likeness (QED) is 0.751. The molecule has 0 aromatic heterocycles. The summed E-state index contributed by atoms with van der Waals surface area (Å²) in [5.74, 6) is 2.29. The second-order valence-corrected chi connectivity index (χ2v) is 5.69. The fourth-order valence-corrected chi connectivity index (χ4v) is 2.54. The Morgan fingerprint density at radius 1 is 1.29 bits per heavy atom. The second-order valence-electron chi connectivity index (χ2n) is 5.69. The van der Waals surface area contributed by atoms with Crippen LogP contribution in [0.3, 0.4) is 0 Å². The molecule has 0 saturated carbocycles. The van der Waals surface area contributed by atoms with E-state index in [1.807, 2.05) is 6.92 Å². The summed E-state index contributed by atoms with van der Waals surface area (Å²) < 4.78 is 0. The molecule has 0 aliphatic carbocycles. The molecule has 1 aliphatic heterocycles. The molecule has 1 radical (unpaired) electrons. The number of hydrogen-bond acceptors (Lipinski definition) is 2. The van der Waals surface area contributed by atoms with Gasteiger partial charge in [-0.3, -0.25) is 9.69 Å². The third-order valence-electron chi connectivity index (χ3n) is 3.43. The highest BCUT2D eigenvalue weighted by molar-refractivity contribution is 5.76. The predicted octanol–water partition coefficient (Wildman–Crippen LogP) is 2.18. The van der Waals surface area contributed by atoms with Crippen molar-refractivity contribution in [1.82, 2.24) is 9.80 Å². The van der Waals surface area contributed by atoms with Crippen molar-refractivity contribution in [3.8, 4) is 0 Å². The molecule has 0 bridgehead atoms. The van der Waals surface area contributed by atoms with Crippen molar-refractivity contribution in [2.45, 2.75) is 47.1 Å². The van der Waals surface area contributed by atoms with Crippen molar-refractivity contribution in [3.05, 3.63) is 5.92 Å². The van der Waals surface area contributed by atoms with Gasteiger partial charge in [-0.1, -0.05) is 34.6 Å². The van der Waals surface area contributed by atoms with Crippen LogP contribution in [0.1, 0.15) is 41.0 Å². The zero-order chi connectivity index (χ0) is 13.0. The van der Waals surface area contributed by atoms with Crippen molar-refractivity contribution in [1.29, 1.82) is 0 Å². The first kappa shape index (κ1) is 14.5. The summed E-state index contributed by atoms with van der Waals surface area (Å²) in [5.41, 5.74) is 0. The number of carbonyl (C=O) groups is 1. The minimum absolute atomic E-state index is 0.306. The van der Waals surface area contributed by atoms with Crippen molar-refractivity contribution < 1.29 is 4.79 Å². The van der Waals surface area contributed by atoms with Gasteiger partial charge in [0, 0.05) is 38.6 Å². The van der Waals surface area contributed by atoms with Crippen LogP contribution in [-0.2, 0) is 4.79 Å². The van der Waals surface area contributed by atoms with E-state index < -0.39 is 0 Å². The topological polar surface area (TPSA) is 23.6 Å². The van der Waals surface area contributed by atoms with Crippen molar-refractivity contribution in [2.24, 2.45) is 5.92 Å². The van der Waals surface area contributed by atoms with E-state index in [-0.39, 0.29) is 0 Å². The van der Waals surface area contributed by atoms with Gasteiger partial charge in [0.1, 0.15) is 0 Å². The summed E-state index contributed by atoms with van der Waals surface area (Å²) in [6, 6.07) is 0.385. The lowest BCUT2D eigenvalue weighted by molar-refractivity contribution is -0.137. The van der Waals surface area contributed by atoms with Crippen LogP contribution in [-0.4, -0.2) is 47.9 Å². The van der Waals surface area contributed by atoms with E-state index in [0.717, 1.165) is 26.2 Å². The summed E-state index contributed by atoms with van der Waals surface area (Å²) in [7, 11) is 0. The van der Waals surface area contributed by atoms with Crippen LogP contribution in [0.4, 0.5) is 0 Å². The molecule has 0 spiro atoms. The number of piperazine rings is 1. The Bertz CT molecular complexity index is 251. The van der Waals surface area contributed by atoms with Crippen molar-refractivity contribution in [3.63, 3.8) is 0 Å². The molecule has 1 saturated heterocycles. The first-order chi connectivity index (χ1) is 7.95. The fourth-order valence-electron chi connectivity index (χ4n) is 2.54. The lowest BCUT2D eigenvalue weighted by atomic mass is 9.98. The van der Waals surface area contributed by atoms with Crippen LogP contribution in [0, 0.1) is 11.8 Å². The normalized spacial score (nSPS) is 22.5. The van der Waals surface area contributed by atoms with E-state index in [2.05, 4.69) is 37.5 Å². The monoisotopic (exact) mass is 239 g/mol. The lowest BCUT2D eigenvalue weighted by Crippen LogP contribution is -2.57. The highest BCUT2D eigenvalue weighted by Crippen LogP contribution is 2.19. The zero-order valence-electron chi connectivity index (χ0n) is 12.0. The molecule has 1 aliphatic rings. The van der Waals surface area contributed by atoms with E-state index in [1.54, 1.807) is 0 Å². The molecule has 99 valence electrons. The number of amides is 1. The molecule has 17 heavy (non-hydrogen) atoms. The van der Waals surface area contributed by atoms with Gasteiger partial charge in [-0.05, 0) is 11.8 Å². The number of carbonyl (C=O) groups excluding carboxylic acids is 1. The van der Waals surface area contributed by atoms with E-state index in [0.29, 0.717) is 24.3 Å². The Hall–Kier alpha value is -0.570. The minimum atomic E-state index is 0.306. The van der Waals surface area contributed by atoms with Gasteiger partial charge in [-0.15, -0.1) is 0 Å².